The Balaban J connectivity index is 1.62. The number of rotatable bonds is 6. The summed E-state index contributed by atoms with van der Waals surface area (Å²) in [6.07, 6.45) is 3.95. The largest absolute Gasteiger partial charge is 0.463 e. The highest BCUT2D eigenvalue weighted by Gasteiger charge is 2.13. The summed E-state index contributed by atoms with van der Waals surface area (Å²) >= 11 is 0. The van der Waals surface area contributed by atoms with E-state index < -0.39 is 5.97 Å². The van der Waals surface area contributed by atoms with Crippen molar-refractivity contribution >= 4 is 28.8 Å². The maximum atomic E-state index is 11.6. The molecular weight excluding hydrogens is 376 g/mol. The lowest BCUT2D eigenvalue weighted by Gasteiger charge is -2.04. The number of hydrogen-bond acceptors (Lipinski definition) is 4. The van der Waals surface area contributed by atoms with Crippen molar-refractivity contribution in [2.24, 2.45) is 4.99 Å². The maximum absolute atomic E-state index is 11.6. The summed E-state index contributed by atoms with van der Waals surface area (Å²) in [6, 6.07) is 19.9. The quantitative estimate of drug-likeness (QED) is 0.297. The van der Waals surface area contributed by atoms with E-state index in [1.165, 1.54) is 12.7 Å². The molecule has 0 atom stereocenters. The number of esters is 1. The Bertz CT molecular complexity index is 1200. The smallest absolute Gasteiger partial charge is 0.373 e. The molecule has 4 rings (SSSR count). The number of ether oxygens (including phenoxy) is 1. The molecule has 0 saturated heterocycles. The van der Waals surface area contributed by atoms with Gasteiger partial charge >= 0.3 is 5.97 Å². The Morgan fingerprint density at radius 1 is 1.10 bits per heavy atom. The normalized spacial score (nSPS) is 11.6. The molecule has 0 fully saturated rings. The summed E-state index contributed by atoms with van der Waals surface area (Å²) in [5.41, 5.74) is 4.32. The fourth-order valence-electron chi connectivity index (χ4n) is 3.44. The van der Waals surface area contributed by atoms with E-state index >= 15 is 0 Å². The molecule has 2 aromatic heterocycles. The first-order chi connectivity index (χ1) is 14.5. The number of aromatic nitrogens is 1. The van der Waals surface area contributed by atoms with E-state index in [1.54, 1.807) is 12.1 Å². The van der Waals surface area contributed by atoms with Crippen molar-refractivity contribution in [3.8, 4) is 0 Å². The lowest BCUT2D eigenvalue weighted by Crippen LogP contribution is -1.99. The minimum Gasteiger partial charge on any atom is -0.463 e. The monoisotopic (exact) mass is 400 g/mol. The first-order valence-corrected chi connectivity index (χ1v) is 9.94. The maximum Gasteiger partial charge on any atom is 0.373 e. The highest BCUT2D eigenvalue weighted by molar-refractivity contribution is 6.00. The van der Waals surface area contributed by atoms with Gasteiger partial charge in [0.25, 0.3) is 0 Å². The van der Waals surface area contributed by atoms with Crippen molar-refractivity contribution in [1.29, 1.82) is 0 Å². The predicted octanol–water partition coefficient (Wildman–Crippen LogP) is 5.94. The number of carbonyl (C=O) groups excluding carboxylic acids is 1. The first-order valence-electron chi connectivity index (χ1n) is 9.94. The van der Waals surface area contributed by atoms with Crippen molar-refractivity contribution in [2.45, 2.75) is 26.3 Å². The van der Waals surface area contributed by atoms with Crippen molar-refractivity contribution < 1.29 is 13.9 Å². The van der Waals surface area contributed by atoms with E-state index in [1.807, 2.05) is 30.5 Å². The molecule has 0 amide bonds. The summed E-state index contributed by atoms with van der Waals surface area (Å²) < 4.78 is 12.4. The number of fused-ring (bicyclic) bond motifs is 1. The van der Waals surface area contributed by atoms with Crippen LogP contribution in [0.25, 0.3) is 10.9 Å². The average molecular weight is 400 g/mol. The molecule has 2 heterocycles. The molecular formula is C25H24N2O3. The zero-order valence-corrected chi connectivity index (χ0v) is 17.3. The van der Waals surface area contributed by atoms with Crippen molar-refractivity contribution in [2.75, 3.05) is 7.11 Å². The summed E-state index contributed by atoms with van der Waals surface area (Å²) in [7, 11) is 1.34. The van der Waals surface area contributed by atoms with Gasteiger partial charge in [0.1, 0.15) is 5.76 Å². The predicted molar refractivity (Wildman–Crippen MR) is 119 cm³/mol. The second kappa shape index (κ2) is 8.41. The van der Waals surface area contributed by atoms with E-state index in [4.69, 9.17) is 9.15 Å². The molecule has 30 heavy (non-hydrogen) atoms. The van der Waals surface area contributed by atoms with Crippen LogP contribution in [0.15, 0.2) is 76.3 Å². The van der Waals surface area contributed by atoms with Gasteiger partial charge in [0, 0.05) is 28.9 Å². The van der Waals surface area contributed by atoms with Crippen LogP contribution < -0.4 is 0 Å². The van der Waals surface area contributed by atoms with Gasteiger partial charge in [-0.1, -0.05) is 44.2 Å². The number of aliphatic imine (C=N–C) groups is 1. The van der Waals surface area contributed by atoms with Crippen LogP contribution in [0.4, 0.5) is 5.69 Å². The number of nitrogens with zero attached hydrogens (tertiary/aromatic N) is 2. The topological polar surface area (TPSA) is 56.7 Å². The highest BCUT2D eigenvalue weighted by atomic mass is 16.5. The van der Waals surface area contributed by atoms with Crippen molar-refractivity contribution in [3.05, 3.63) is 89.5 Å². The molecule has 2 aromatic carbocycles. The van der Waals surface area contributed by atoms with Gasteiger partial charge in [-0.25, -0.2) is 4.79 Å². The van der Waals surface area contributed by atoms with E-state index in [9.17, 15) is 4.79 Å². The molecule has 0 saturated carbocycles. The van der Waals surface area contributed by atoms with Crippen LogP contribution in [0, 0.1) is 0 Å². The fourth-order valence-corrected chi connectivity index (χ4v) is 3.44. The second-order valence-corrected chi connectivity index (χ2v) is 7.49. The van der Waals surface area contributed by atoms with Crippen LogP contribution in [0.5, 0.6) is 0 Å². The Hall–Kier alpha value is -3.60. The standard InChI is InChI=1S/C25H24N2O3/c1-17(2)18-8-10-20(11-9-18)26-14-19-15-27(23-7-5-4-6-22(19)23)16-21-12-13-24(30-21)25(28)29-3/h4-15,17H,16H2,1-3H3. The van der Waals surface area contributed by atoms with Gasteiger partial charge in [-0.15, -0.1) is 0 Å². The molecule has 0 unspecified atom stereocenters. The van der Waals surface area contributed by atoms with E-state index in [-0.39, 0.29) is 5.76 Å². The van der Waals surface area contributed by atoms with Crippen LogP contribution in [0.2, 0.25) is 0 Å². The second-order valence-electron chi connectivity index (χ2n) is 7.49. The number of hydrogen-bond donors (Lipinski definition) is 0. The van der Waals surface area contributed by atoms with E-state index in [2.05, 4.69) is 53.9 Å². The minimum atomic E-state index is -0.477. The van der Waals surface area contributed by atoms with Crippen molar-refractivity contribution in [3.63, 3.8) is 0 Å². The molecule has 0 aliphatic heterocycles. The lowest BCUT2D eigenvalue weighted by atomic mass is 10.0. The van der Waals surface area contributed by atoms with Gasteiger partial charge < -0.3 is 13.7 Å². The molecule has 0 aliphatic carbocycles. The van der Waals surface area contributed by atoms with Gasteiger partial charge in [0.2, 0.25) is 5.76 Å². The van der Waals surface area contributed by atoms with Crippen LogP contribution in [0.3, 0.4) is 0 Å². The molecule has 0 N–H and O–H groups in total. The molecule has 5 nitrogen and oxygen atoms in total. The number of para-hydroxylation sites is 1. The third-order valence-corrected chi connectivity index (χ3v) is 5.11. The Morgan fingerprint density at radius 2 is 1.87 bits per heavy atom. The number of furan rings is 1. The highest BCUT2D eigenvalue weighted by Crippen LogP contribution is 2.24. The van der Waals surface area contributed by atoms with Crippen LogP contribution in [0.1, 0.15) is 47.2 Å². The van der Waals surface area contributed by atoms with Crippen LogP contribution in [-0.4, -0.2) is 23.9 Å². The molecule has 0 spiro atoms. The van der Waals surface area contributed by atoms with Gasteiger partial charge in [0.05, 0.1) is 19.3 Å². The summed E-state index contributed by atoms with van der Waals surface area (Å²) in [5.74, 6) is 0.914. The average Bonchev–Trinajstić information content (AvgIpc) is 3.37. The van der Waals surface area contributed by atoms with Crippen molar-refractivity contribution in [1.82, 2.24) is 4.57 Å². The number of benzene rings is 2. The molecule has 0 aliphatic rings. The van der Waals surface area contributed by atoms with Gasteiger partial charge in [-0.05, 0) is 41.8 Å². The summed E-state index contributed by atoms with van der Waals surface area (Å²) in [6.45, 7) is 4.87. The number of methoxy groups -OCH3 is 1. The Morgan fingerprint density at radius 3 is 2.60 bits per heavy atom. The molecule has 4 aromatic rings. The lowest BCUT2D eigenvalue weighted by molar-refractivity contribution is 0.0563. The zero-order chi connectivity index (χ0) is 21.1. The third-order valence-electron chi connectivity index (χ3n) is 5.11. The van der Waals surface area contributed by atoms with E-state index in [0.717, 1.165) is 22.2 Å². The zero-order valence-electron chi connectivity index (χ0n) is 17.3. The Labute approximate surface area is 175 Å². The minimum absolute atomic E-state index is 0.204. The SMILES string of the molecule is COC(=O)c1ccc(Cn2cc(C=Nc3ccc(C(C)C)cc3)c3ccccc32)o1. The molecule has 152 valence electrons. The fraction of sp³-hybridized carbons (Fsp3) is 0.200. The summed E-state index contributed by atoms with van der Waals surface area (Å²) in [4.78, 5) is 16.3. The van der Waals surface area contributed by atoms with Crippen LogP contribution >= 0.6 is 0 Å². The van der Waals surface area contributed by atoms with Gasteiger partial charge in [0.15, 0.2) is 0 Å². The third kappa shape index (κ3) is 4.06. The van der Waals surface area contributed by atoms with E-state index in [0.29, 0.717) is 18.2 Å². The summed E-state index contributed by atoms with van der Waals surface area (Å²) in [5, 5.41) is 1.11. The first kappa shape index (κ1) is 19.7. The molecule has 0 radical (unpaired) electrons. The molecule has 0 bridgehead atoms. The molecule has 5 heteroatoms. The van der Waals surface area contributed by atoms with Gasteiger partial charge in [-0.3, -0.25) is 4.99 Å². The number of carbonyl (C=O) groups is 1. The van der Waals surface area contributed by atoms with Gasteiger partial charge in [-0.2, -0.15) is 0 Å². The van der Waals surface area contributed by atoms with Crippen LogP contribution in [-0.2, 0) is 11.3 Å². The Kier molecular flexibility index (Phi) is 5.53.